The summed E-state index contributed by atoms with van der Waals surface area (Å²) in [5.74, 6) is -0.0649. The van der Waals surface area contributed by atoms with E-state index in [0.29, 0.717) is 49.8 Å². The molecule has 0 aromatic heterocycles. The third kappa shape index (κ3) is 12.2. The summed E-state index contributed by atoms with van der Waals surface area (Å²) in [5.41, 5.74) is 3.02. The molecule has 1 amide bonds. The lowest BCUT2D eigenvalue weighted by Gasteiger charge is -2.48. The molecule has 0 spiro atoms. The van der Waals surface area contributed by atoms with Crippen molar-refractivity contribution in [3.8, 4) is 0 Å². The van der Waals surface area contributed by atoms with Crippen molar-refractivity contribution in [2.45, 2.75) is 38.0 Å². The van der Waals surface area contributed by atoms with Crippen LogP contribution < -0.4 is 15.1 Å². The second kappa shape index (κ2) is 21.7. The van der Waals surface area contributed by atoms with Gasteiger partial charge >= 0.3 is 5.43 Å². The van der Waals surface area contributed by atoms with Crippen molar-refractivity contribution in [2.75, 3.05) is 55.8 Å². The Morgan fingerprint density at radius 2 is 1.16 bits per heavy atom. The minimum Gasteiger partial charge on any atom is -0.454 e. The monoisotopic (exact) mass is 890 g/mol. The Morgan fingerprint density at radius 3 is 1.56 bits per heavy atom. The molecule has 2 saturated heterocycles. The standard InChI is InChI=1S/C19H19Cl3N2O2.C17H17Cl3N2O.C3H5ClO2/c1-12(26)23-8-9-24(17-7-6-15(21)10-16(17)22)19(18(23)11-25)13-2-4-14(20)5-3-13;18-12-3-1-11(2-4-12)17-15(10-23)21-7-8-22(17)16-6-5-13(19)9-14(16)20;1-2-6-3(4)5/h2-7,10,18-19,25H,8-9,11H2,1H3;1-6,9,15,17,21,23H,7-8,10H2;2H2,1H3/t18-,19+;15-,17+;/m11./s1. The summed E-state index contributed by atoms with van der Waals surface area (Å²) in [6.07, 6.45) is 0. The molecule has 0 unspecified atom stereocenters. The van der Waals surface area contributed by atoms with E-state index in [1.165, 1.54) is 6.92 Å². The number of rotatable bonds is 7. The van der Waals surface area contributed by atoms with Gasteiger partial charge in [0.25, 0.3) is 0 Å². The molecule has 55 heavy (non-hydrogen) atoms. The maximum atomic E-state index is 12.1. The van der Waals surface area contributed by atoms with Crippen LogP contribution in [0, 0.1) is 0 Å². The minimum atomic E-state index is -0.738. The molecule has 16 heteroatoms. The predicted molar refractivity (Wildman–Crippen MR) is 226 cm³/mol. The van der Waals surface area contributed by atoms with Crippen LogP contribution in [0.15, 0.2) is 84.9 Å². The van der Waals surface area contributed by atoms with E-state index in [9.17, 15) is 19.8 Å². The lowest BCUT2D eigenvalue weighted by molar-refractivity contribution is -0.133. The highest BCUT2D eigenvalue weighted by Gasteiger charge is 2.39. The number of ether oxygens (including phenoxy) is 1. The zero-order valence-corrected chi connectivity index (χ0v) is 35.2. The molecule has 3 N–H and O–H groups in total. The predicted octanol–water partition coefficient (Wildman–Crippen LogP) is 9.96. The lowest BCUT2D eigenvalue weighted by atomic mass is 9.93. The second-order valence-corrected chi connectivity index (χ2v) is 15.3. The van der Waals surface area contributed by atoms with Crippen LogP contribution in [0.4, 0.5) is 16.2 Å². The molecule has 4 atom stereocenters. The van der Waals surface area contributed by atoms with E-state index < -0.39 is 11.5 Å². The highest BCUT2D eigenvalue weighted by molar-refractivity contribution is 6.61. The number of hydrogen-bond donors (Lipinski definition) is 3. The van der Waals surface area contributed by atoms with Crippen LogP contribution in [-0.2, 0) is 9.53 Å². The first kappa shape index (κ1) is 45.0. The van der Waals surface area contributed by atoms with Gasteiger partial charge in [0, 0.05) is 64.8 Å². The third-order valence-corrected chi connectivity index (χ3v) is 10.8. The fraction of sp³-hybridized carbons (Fsp3) is 0.333. The summed E-state index contributed by atoms with van der Waals surface area (Å²) in [5, 5.41) is 26.9. The molecule has 4 aromatic rings. The molecule has 0 bridgehead atoms. The number of hydrogen-bond acceptors (Lipinski definition) is 8. The van der Waals surface area contributed by atoms with Crippen molar-refractivity contribution in [1.29, 1.82) is 0 Å². The molecule has 0 radical (unpaired) electrons. The molecule has 2 fully saturated rings. The Hall–Kier alpha value is -2.67. The van der Waals surface area contributed by atoms with Gasteiger partial charge in [0.05, 0.1) is 65.4 Å². The van der Waals surface area contributed by atoms with Gasteiger partial charge in [-0.1, -0.05) is 93.9 Å². The van der Waals surface area contributed by atoms with Crippen LogP contribution in [0.25, 0.3) is 0 Å². The molecule has 296 valence electrons. The molecule has 2 aliphatic rings. The number of nitrogens with zero attached hydrogens (tertiary/aromatic N) is 3. The largest absolute Gasteiger partial charge is 0.454 e. The van der Waals surface area contributed by atoms with Gasteiger partial charge in [-0.25, -0.2) is 4.79 Å². The third-order valence-electron chi connectivity index (χ3n) is 9.07. The summed E-state index contributed by atoms with van der Waals surface area (Å²) in [6, 6.07) is 25.2. The number of halogens is 7. The van der Waals surface area contributed by atoms with Gasteiger partial charge < -0.3 is 35.0 Å². The van der Waals surface area contributed by atoms with Crippen molar-refractivity contribution in [3.05, 3.63) is 126 Å². The Labute approximate surface area is 356 Å². The van der Waals surface area contributed by atoms with Gasteiger partial charge in [-0.05, 0) is 78.7 Å². The van der Waals surface area contributed by atoms with Gasteiger partial charge in [0.1, 0.15) is 0 Å². The van der Waals surface area contributed by atoms with Crippen LogP contribution in [0.2, 0.25) is 30.1 Å². The van der Waals surface area contributed by atoms with Gasteiger partial charge in [-0.3, -0.25) is 4.79 Å². The summed E-state index contributed by atoms with van der Waals surface area (Å²) in [6.45, 7) is 6.09. The molecule has 9 nitrogen and oxygen atoms in total. The van der Waals surface area contributed by atoms with Crippen molar-refractivity contribution in [3.63, 3.8) is 0 Å². The first-order valence-electron chi connectivity index (χ1n) is 17.3. The van der Waals surface area contributed by atoms with Crippen molar-refractivity contribution in [2.24, 2.45) is 0 Å². The van der Waals surface area contributed by atoms with Crippen molar-refractivity contribution >= 4 is 104 Å². The SMILES string of the molecule is CC(=O)N1CCN(c2ccc(Cl)cc2Cl)[C@@H](c2ccc(Cl)cc2)[C@H]1CO.CCOC(=O)Cl.OC[C@H]1NCCN(c2ccc(Cl)cc2Cl)[C@H]1c1ccc(Cl)cc1. The van der Waals surface area contributed by atoms with Crippen LogP contribution in [0.3, 0.4) is 0 Å². The second-order valence-electron chi connectivity index (χ2n) is 12.4. The van der Waals surface area contributed by atoms with E-state index in [1.807, 2.05) is 54.6 Å². The van der Waals surface area contributed by atoms with Crippen molar-refractivity contribution < 1.29 is 24.5 Å². The number of aliphatic hydroxyl groups excluding tert-OH is 2. The van der Waals surface area contributed by atoms with E-state index in [1.54, 1.807) is 42.2 Å². The number of carbonyl (C=O) groups excluding carboxylic acids is 2. The maximum absolute atomic E-state index is 12.1. The van der Waals surface area contributed by atoms with Gasteiger partial charge in [0.15, 0.2) is 0 Å². The van der Waals surface area contributed by atoms with Crippen LogP contribution in [0.1, 0.15) is 37.1 Å². The Balaban J connectivity index is 0.000000214. The van der Waals surface area contributed by atoms with Crippen LogP contribution in [0.5, 0.6) is 0 Å². The van der Waals surface area contributed by atoms with Gasteiger partial charge in [-0.2, -0.15) is 0 Å². The van der Waals surface area contributed by atoms with E-state index in [-0.39, 0.29) is 37.2 Å². The molecule has 2 heterocycles. The number of amides is 1. The zero-order chi connectivity index (χ0) is 40.2. The number of nitrogens with one attached hydrogen (secondary N) is 1. The number of anilines is 2. The Bertz CT molecular complexity index is 1870. The number of carbonyl (C=O) groups is 2. The Morgan fingerprint density at radius 1 is 0.691 bits per heavy atom. The normalized spacial score (nSPS) is 19.4. The van der Waals surface area contributed by atoms with Gasteiger partial charge in [0.2, 0.25) is 5.91 Å². The fourth-order valence-electron chi connectivity index (χ4n) is 6.71. The molecular formula is C39H41Cl7N4O5. The number of aliphatic hydroxyl groups is 2. The highest BCUT2D eigenvalue weighted by Crippen LogP contribution is 2.40. The van der Waals surface area contributed by atoms with E-state index in [4.69, 9.17) is 81.2 Å². The highest BCUT2D eigenvalue weighted by atomic mass is 35.5. The average Bonchev–Trinajstić information content (AvgIpc) is 3.15. The first-order valence-corrected chi connectivity index (χ1v) is 19.9. The average molecular weight is 894 g/mol. The number of benzene rings is 4. The summed E-state index contributed by atoms with van der Waals surface area (Å²) in [4.78, 5) is 27.7. The molecule has 0 aliphatic carbocycles. The first-order chi connectivity index (χ1) is 26.3. The topological polar surface area (TPSA) is 106 Å². The van der Waals surface area contributed by atoms with Crippen LogP contribution >= 0.6 is 81.2 Å². The molecule has 0 saturated carbocycles. The summed E-state index contributed by atoms with van der Waals surface area (Å²) in [7, 11) is 0. The van der Waals surface area contributed by atoms with Crippen molar-refractivity contribution in [1.82, 2.24) is 10.2 Å². The Kier molecular flexibility index (Phi) is 17.8. The fourth-order valence-corrected chi connectivity index (χ4v) is 8.10. The summed E-state index contributed by atoms with van der Waals surface area (Å²) < 4.78 is 4.17. The molecule has 2 aliphatic heterocycles. The van der Waals surface area contributed by atoms with E-state index in [0.717, 1.165) is 35.6 Å². The maximum Gasteiger partial charge on any atom is 0.403 e. The lowest BCUT2D eigenvalue weighted by Crippen LogP contribution is -2.58. The van der Waals surface area contributed by atoms with Crippen LogP contribution in [-0.4, -0.2) is 84.5 Å². The van der Waals surface area contributed by atoms with Gasteiger partial charge in [-0.15, -0.1) is 0 Å². The molecule has 4 aromatic carbocycles. The summed E-state index contributed by atoms with van der Waals surface area (Å²) >= 11 is 41.6. The molecular weight excluding hydrogens is 853 g/mol. The minimum absolute atomic E-state index is 0.0367. The smallest absolute Gasteiger partial charge is 0.403 e. The van der Waals surface area contributed by atoms with E-state index in [2.05, 4.69) is 19.9 Å². The quantitative estimate of drug-likeness (QED) is 0.158. The number of piperazine rings is 2. The zero-order valence-electron chi connectivity index (χ0n) is 29.9. The van der Waals surface area contributed by atoms with E-state index >= 15 is 0 Å². The molecule has 6 rings (SSSR count).